The maximum absolute atomic E-state index is 5.47. The highest BCUT2D eigenvalue weighted by molar-refractivity contribution is 8.04. The van der Waals surface area contributed by atoms with Crippen molar-refractivity contribution in [1.82, 2.24) is 0 Å². The van der Waals surface area contributed by atoms with Crippen LogP contribution < -0.4 is 0 Å². The summed E-state index contributed by atoms with van der Waals surface area (Å²) in [7, 11) is 0. The van der Waals surface area contributed by atoms with Crippen molar-refractivity contribution in [3.63, 3.8) is 0 Å². The van der Waals surface area contributed by atoms with Gasteiger partial charge in [-0.05, 0) is 5.57 Å². The lowest BCUT2D eigenvalue weighted by atomic mass is 10.4. The summed E-state index contributed by atoms with van der Waals surface area (Å²) in [5.74, 6) is 0. The summed E-state index contributed by atoms with van der Waals surface area (Å²) in [6, 6.07) is 0. The zero-order chi connectivity index (χ0) is 6.57. The topological polar surface area (TPSA) is 0 Å². The van der Waals surface area contributed by atoms with Gasteiger partial charge in [0.15, 0.2) is 0 Å². The summed E-state index contributed by atoms with van der Waals surface area (Å²) >= 11 is 10.9. The van der Waals surface area contributed by atoms with Gasteiger partial charge >= 0.3 is 0 Å². The van der Waals surface area contributed by atoms with E-state index in [1.807, 2.05) is 0 Å². The molecule has 0 aliphatic carbocycles. The number of allylic oxidation sites excluding steroid dienone is 2. The Hall–Kier alpha value is 0.490. The third kappa shape index (κ3) is 4.64. The Bertz CT molecular complexity index is 98.6. The Morgan fingerprint density at radius 1 is 1.62 bits per heavy atom. The van der Waals surface area contributed by atoms with Gasteiger partial charge in [-0.25, -0.2) is 0 Å². The van der Waals surface area contributed by atoms with Crippen molar-refractivity contribution in [2.24, 2.45) is 0 Å². The molecule has 0 aliphatic rings. The Balaban J connectivity index is 3.39. The zero-order valence-corrected chi connectivity index (χ0v) is 6.81. The van der Waals surface area contributed by atoms with Crippen molar-refractivity contribution in [2.45, 2.75) is 0 Å². The van der Waals surface area contributed by atoms with Gasteiger partial charge in [0.05, 0.1) is 6.63 Å². The highest BCUT2D eigenvalue weighted by atomic mass is 35.9. The van der Waals surface area contributed by atoms with E-state index in [-0.39, 0.29) is 0 Å². The first-order valence-electron chi connectivity index (χ1n) is 2.06. The lowest BCUT2D eigenvalue weighted by molar-refractivity contribution is 1.60. The van der Waals surface area contributed by atoms with Crippen molar-refractivity contribution in [2.75, 3.05) is 6.16 Å². The average Bonchev–Trinajstić information content (AvgIpc) is 1.65. The smallest absolute Gasteiger partial charge is 0.0898 e. The monoisotopic (exact) mass is 168 g/mol. The summed E-state index contributed by atoms with van der Waals surface area (Å²) < 4.78 is 0. The van der Waals surface area contributed by atoms with Gasteiger partial charge in [0.1, 0.15) is 0 Å². The van der Waals surface area contributed by atoms with Gasteiger partial charge < -0.3 is 0 Å². The molecule has 8 heavy (non-hydrogen) atoms. The average molecular weight is 169 g/mol. The minimum absolute atomic E-state index is 0.669. The molecule has 0 atom stereocenters. The number of hydrogen-bond donors (Lipinski definition) is 0. The molecule has 0 unspecified atom stereocenters. The molecule has 0 aromatic carbocycles. The van der Waals surface area contributed by atoms with Crippen LogP contribution in [0.3, 0.4) is 0 Å². The number of rotatable bonds is 3. The summed E-state index contributed by atoms with van der Waals surface area (Å²) in [5, 5.41) is 0. The van der Waals surface area contributed by atoms with Crippen LogP contribution >= 0.6 is 29.1 Å². The zero-order valence-electron chi connectivity index (χ0n) is 4.40. The molecule has 0 rings (SSSR count). The van der Waals surface area contributed by atoms with E-state index in [2.05, 4.69) is 13.2 Å². The van der Waals surface area contributed by atoms with Crippen LogP contribution in [0.1, 0.15) is 0 Å². The van der Waals surface area contributed by atoms with E-state index in [0.717, 1.165) is 5.57 Å². The van der Waals surface area contributed by atoms with E-state index in [0.29, 0.717) is 6.16 Å². The van der Waals surface area contributed by atoms with E-state index in [9.17, 15) is 0 Å². The molecule has 0 saturated heterocycles. The second kappa shape index (κ2) is 4.38. The predicted octanol–water partition coefficient (Wildman–Crippen LogP) is 3.52. The van der Waals surface area contributed by atoms with Gasteiger partial charge in [-0.2, -0.15) is 0 Å². The van der Waals surface area contributed by atoms with E-state index < -0.39 is 6.63 Å². The number of hydrogen-bond acceptors (Lipinski definition) is 0. The van der Waals surface area contributed by atoms with Gasteiger partial charge in [0.25, 0.3) is 0 Å². The van der Waals surface area contributed by atoms with Crippen LogP contribution in [0.5, 0.6) is 0 Å². The van der Waals surface area contributed by atoms with Crippen molar-refractivity contribution in [3.8, 4) is 0 Å². The molecule has 0 saturated carbocycles. The fraction of sp³-hybridized carbons (Fsp3) is 0.200. The first-order valence-corrected chi connectivity index (χ1v) is 5.40. The van der Waals surface area contributed by atoms with Crippen molar-refractivity contribution in [1.29, 1.82) is 0 Å². The summed E-state index contributed by atoms with van der Waals surface area (Å²) in [4.78, 5) is 0. The van der Waals surface area contributed by atoms with Gasteiger partial charge in [-0.15, -0.1) is 0 Å². The third-order valence-corrected chi connectivity index (χ3v) is 1.97. The minimum Gasteiger partial charge on any atom is -0.0988 e. The second-order valence-electron chi connectivity index (χ2n) is 1.32. The first-order chi connectivity index (χ1) is 3.66. The normalized spacial score (nSPS) is 9.38. The van der Waals surface area contributed by atoms with Gasteiger partial charge in [0, 0.05) is 6.16 Å². The molecule has 0 aromatic heterocycles. The quantitative estimate of drug-likeness (QED) is 0.447. The van der Waals surface area contributed by atoms with Crippen LogP contribution in [0.25, 0.3) is 0 Å². The lowest BCUT2D eigenvalue weighted by Crippen LogP contribution is -1.74. The fourth-order valence-electron chi connectivity index (χ4n) is 0.218. The van der Waals surface area contributed by atoms with Crippen LogP contribution in [0.2, 0.25) is 0 Å². The van der Waals surface area contributed by atoms with E-state index in [1.54, 1.807) is 6.08 Å². The summed E-state index contributed by atoms with van der Waals surface area (Å²) in [5.41, 5.74) is 0.904. The van der Waals surface area contributed by atoms with Crippen LogP contribution in [0.4, 0.5) is 0 Å². The minimum atomic E-state index is -0.872. The fourth-order valence-corrected chi connectivity index (χ4v) is 1.58. The van der Waals surface area contributed by atoms with Crippen LogP contribution in [0.15, 0.2) is 24.8 Å². The highest BCUT2D eigenvalue weighted by Gasteiger charge is 1.97. The highest BCUT2D eigenvalue weighted by Crippen LogP contribution is 2.47. The van der Waals surface area contributed by atoms with Crippen LogP contribution in [0, 0.1) is 0 Å². The van der Waals surface area contributed by atoms with Crippen molar-refractivity contribution < 1.29 is 0 Å². The Kier molecular flexibility index (Phi) is 4.64. The molecular weight excluding hydrogens is 162 g/mol. The first kappa shape index (κ1) is 8.49. The Morgan fingerprint density at radius 2 is 2.12 bits per heavy atom. The molecule has 0 radical (unpaired) electrons. The van der Waals surface area contributed by atoms with E-state index in [1.165, 1.54) is 0 Å². The standard InChI is InChI=1S/C5H7Cl2P/c1-3-5(2)4-8(6)7/h3H,1-2,4H2. The largest absolute Gasteiger partial charge is 0.0988 e. The molecule has 0 aromatic rings. The molecular formula is C5H7Cl2P. The molecule has 46 valence electrons. The molecule has 0 N–H and O–H groups in total. The maximum Gasteiger partial charge on any atom is 0.0898 e. The molecule has 0 nitrogen and oxygen atoms in total. The van der Waals surface area contributed by atoms with Crippen LogP contribution in [-0.2, 0) is 0 Å². The lowest BCUT2D eigenvalue weighted by Gasteiger charge is -1.96. The summed E-state index contributed by atoms with van der Waals surface area (Å²) in [6.07, 6.45) is 2.34. The molecule has 0 spiro atoms. The SMILES string of the molecule is C=CC(=C)CP(Cl)Cl. The molecule has 0 bridgehead atoms. The molecule has 0 amide bonds. The van der Waals surface area contributed by atoms with Crippen molar-refractivity contribution >= 4 is 29.1 Å². The number of halogens is 2. The molecule has 0 aliphatic heterocycles. The van der Waals surface area contributed by atoms with Gasteiger partial charge in [-0.3, -0.25) is 0 Å². The Labute approximate surface area is 60.5 Å². The maximum atomic E-state index is 5.47. The summed E-state index contributed by atoms with van der Waals surface area (Å²) in [6.45, 7) is 6.28. The van der Waals surface area contributed by atoms with E-state index >= 15 is 0 Å². The predicted molar refractivity (Wildman–Crippen MR) is 42.8 cm³/mol. The second-order valence-corrected chi connectivity index (χ2v) is 5.21. The van der Waals surface area contributed by atoms with Gasteiger partial charge in [-0.1, -0.05) is 41.7 Å². The third-order valence-electron chi connectivity index (χ3n) is 0.611. The van der Waals surface area contributed by atoms with E-state index in [4.69, 9.17) is 22.5 Å². The molecule has 3 heteroatoms. The van der Waals surface area contributed by atoms with Gasteiger partial charge in [0.2, 0.25) is 0 Å². The Morgan fingerprint density at radius 3 is 2.25 bits per heavy atom. The van der Waals surface area contributed by atoms with Crippen LogP contribution in [-0.4, -0.2) is 6.16 Å². The molecule has 0 fully saturated rings. The molecule has 0 heterocycles. The van der Waals surface area contributed by atoms with Crippen molar-refractivity contribution in [3.05, 3.63) is 24.8 Å².